The first kappa shape index (κ1) is 17.6. The number of aromatic nitrogens is 1. The topological polar surface area (TPSA) is 60.3 Å². The highest BCUT2D eigenvalue weighted by Crippen LogP contribution is 2.36. The Labute approximate surface area is 161 Å². The van der Waals surface area contributed by atoms with Gasteiger partial charge in [-0.25, -0.2) is 0 Å². The number of fused-ring (bicyclic) bond motifs is 2. The summed E-state index contributed by atoms with van der Waals surface area (Å²) < 4.78 is 7.23. The van der Waals surface area contributed by atoms with Gasteiger partial charge in [0, 0.05) is 18.6 Å². The van der Waals surface area contributed by atoms with Crippen LogP contribution in [0.4, 0.5) is 0 Å². The van der Waals surface area contributed by atoms with Crippen LogP contribution in [0.25, 0.3) is 10.8 Å². The highest BCUT2D eigenvalue weighted by Gasteiger charge is 2.22. The number of benzene rings is 2. The summed E-state index contributed by atoms with van der Waals surface area (Å²) in [6, 6.07) is 9.58. The van der Waals surface area contributed by atoms with Crippen molar-refractivity contribution in [3.63, 3.8) is 0 Å². The van der Waals surface area contributed by atoms with E-state index >= 15 is 0 Å². The predicted octanol–water partition coefficient (Wildman–Crippen LogP) is 3.21. The molecule has 138 valence electrons. The summed E-state index contributed by atoms with van der Waals surface area (Å²) in [7, 11) is 1.74. The van der Waals surface area contributed by atoms with E-state index in [2.05, 4.69) is 5.32 Å². The minimum absolute atomic E-state index is 0.0166. The van der Waals surface area contributed by atoms with Gasteiger partial charge in [-0.15, -0.1) is 0 Å². The van der Waals surface area contributed by atoms with Gasteiger partial charge in [0.1, 0.15) is 6.61 Å². The van der Waals surface area contributed by atoms with E-state index < -0.39 is 0 Å². The molecule has 0 unspecified atom stereocenters. The molecule has 0 spiro atoms. The molecule has 1 N–H and O–H groups in total. The number of ether oxygens (including phenoxy) is 1. The van der Waals surface area contributed by atoms with Crippen molar-refractivity contribution in [1.82, 2.24) is 9.88 Å². The molecule has 1 amide bonds. The smallest absolute Gasteiger partial charge is 0.258 e. The molecule has 2 aromatic carbocycles. The first-order valence-corrected chi connectivity index (χ1v) is 9.15. The maximum atomic E-state index is 12.3. The van der Waals surface area contributed by atoms with Gasteiger partial charge >= 0.3 is 0 Å². The van der Waals surface area contributed by atoms with Crippen LogP contribution in [0, 0.1) is 6.92 Å². The average molecular weight is 383 g/mol. The minimum Gasteiger partial charge on any atom is -0.489 e. The fourth-order valence-electron chi connectivity index (χ4n) is 3.41. The molecular weight excluding hydrogens is 364 g/mol. The van der Waals surface area contributed by atoms with Crippen LogP contribution in [0.3, 0.4) is 0 Å². The zero-order valence-corrected chi connectivity index (χ0v) is 15.9. The number of nitrogens with zero attached hydrogens (tertiary/aromatic N) is 1. The van der Waals surface area contributed by atoms with Gasteiger partial charge in [-0.1, -0.05) is 23.7 Å². The molecule has 1 aromatic heterocycles. The fraction of sp³-hybridized carbons (Fsp3) is 0.238. The van der Waals surface area contributed by atoms with Gasteiger partial charge in [0.05, 0.1) is 17.1 Å². The van der Waals surface area contributed by atoms with E-state index in [-0.39, 0.29) is 11.5 Å². The number of carbonyl (C=O) groups is 1. The van der Waals surface area contributed by atoms with Crippen molar-refractivity contribution in [2.45, 2.75) is 13.3 Å². The van der Waals surface area contributed by atoms with Crippen molar-refractivity contribution >= 4 is 28.3 Å². The first-order valence-electron chi connectivity index (χ1n) is 8.77. The lowest BCUT2D eigenvalue weighted by molar-refractivity contribution is 0.0957. The molecule has 5 nitrogen and oxygen atoms in total. The summed E-state index contributed by atoms with van der Waals surface area (Å²) in [5, 5.41) is 4.88. The van der Waals surface area contributed by atoms with E-state index in [1.807, 2.05) is 37.3 Å². The van der Waals surface area contributed by atoms with E-state index in [4.69, 9.17) is 16.3 Å². The standard InChI is InChI=1S/C21H19ClN2O3/c1-12-15(11-17-19(18(12)22)27-8-6-23-20(17)25)10-13-3-4-16-14(9-13)5-7-24(2)21(16)26/h3-5,7,9,11H,6,8,10H2,1-2H3,(H,23,25). The number of hydrogen-bond donors (Lipinski definition) is 1. The predicted molar refractivity (Wildman–Crippen MR) is 106 cm³/mol. The van der Waals surface area contributed by atoms with Crippen LogP contribution in [-0.4, -0.2) is 23.6 Å². The van der Waals surface area contributed by atoms with Crippen molar-refractivity contribution in [1.29, 1.82) is 0 Å². The molecule has 0 fully saturated rings. The highest BCUT2D eigenvalue weighted by atomic mass is 35.5. The minimum atomic E-state index is -0.173. The lowest BCUT2D eigenvalue weighted by Gasteiger charge is -2.15. The van der Waals surface area contributed by atoms with E-state index in [0.29, 0.717) is 41.3 Å². The molecule has 1 aliphatic heterocycles. The number of hydrogen-bond acceptors (Lipinski definition) is 3. The molecule has 4 rings (SSSR count). The molecule has 0 radical (unpaired) electrons. The van der Waals surface area contributed by atoms with Crippen molar-refractivity contribution in [3.05, 3.63) is 74.2 Å². The molecule has 0 bridgehead atoms. The zero-order chi connectivity index (χ0) is 19.1. The van der Waals surface area contributed by atoms with Crippen molar-refractivity contribution < 1.29 is 9.53 Å². The second-order valence-corrected chi connectivity index (χ2v) is 7.16. The summed E-state index contributed by atoms with van der Waals surface area (Å²) in [5.41, 5.74) is 3.35. The molecular formula is C21H19ClN2O3. The molecule has 6 heteroatoms. The normalized spacial score (nSPS) is 13.7. The van der Waals surface area contributed by atoms with Crippen molar-refractivity contribution in [2.24, 2.45) is 7.05 Å². The molecule has 2 heterocycles. The lowest BCUT2D eigenvalue weighted by atomic mass is 9.96. The van der Waals surface area contributed by atoms with E-state index in [1.54, 1.807) is 17.8 Å². The lowest BCUT2D eigenvalue weighted by Crippen LogP contribution is -2.24. The van der Waals surface area contributed by atoms with Gasteiger partial charge in [0.25, 0.3) is 11.5 Å². The number of aryl methyl sites for hydroxylation is 1. The Bertz CT molecular complexity index is 1130. The van der Waals surface area contributed by atoms with Crippen molar-refractivity contribution in [3.8, 4) is 5.75 Å². The van der Waals surface area contributed by atoms with Crippen LogP contribution in [0.1, 0.15) is 27.0 Å². The second-order valence-electron chi connectivity index (χ2n) is 6.79. The molecule has 1 aliphatic rings. The van der Waals surface area contributed by atoms with Crippen LogP contribution in [0.2, 0.25) is 5.02 Å². The van der Waals surface area contributed by atoms with Gasteiger partial charge in [0.15, 0.2) is 5.75 Å². The largest absolute Gasteiger partial charge is 0.489 e. The Morgan fingerprint density at radius 1 is 1.22 bits per heavy atom. The Hall–Kier alpha value is -2.79. The quantitative estimate of drug-likeness (QED) is 0.740. The first-order chi connectivity index (χ1) is 13.0. The third-order valence-electron chi connectivity index (χ3n) is 4.99. The Kier molecular flexibility index (Phi) is 4.40. The van der Waals surface area contributed by atoms with Crippen molar-refractivity contribution in [2.75, 3.05) is 13.2 Å². The van der Waals surface area contributed by atoms with Gasteiger partial charge in [0.2, 0.25) is 0 Å². The number of halogens is 1. The Morgan fingerprint density at radius 3 is 2.85 bits per heavy atom. The SMILES string of the molecule is Cc1c(Cc2ccc3c(=O)n(C)ccc3c2)cc2c(c1Cl)OCCNC2=O. The maximum Gasteiger partial charge on any atom is 0.258 e. The van der Waals surface area contributed by atoms with E-state index in [0.717, 1.165) is 22.1 Å². The van der Waals surface area contributed by atoms with Crippen LogP contribution >= 0.6 is 11.6 Å². The highest BCUT2D eigenvalue weighted by molar-refractivity contribution is 6.33. The Balaban J connectivity index is 1.78. The van der Waals surface area contributed by atoms with E-state index in [9.17, 15) is 9.59 Å². The summed E-state index contributed by atoms with van der Waals surface area (Å²) >= 11 is 6.50. The fourth-order valence-corrected chi connectivity index (χ4v) is 3.69. The summed E-state index contributed by atoms with van der Waals surface area (Å²) in [6.07, 6.45) is 2.37. The van der Waals surface area contributed by atoms with Gasteiger partial charge in [-0.3, -0.25) is 9.59 Å². The van der Waals surface area contributed by atoms with Crippen LogP contribution in [0.5, 0.6) is 5.75 Å². The monoisotopic (exact) mass is 382 g/mol. The van der Waals surface area contributed by atoms with Gasteiger partial charge in [-0.2, -0.15) is 0 Å². The number of pyridine rings is 1. The number of amides is 1. The molecule has 3 aromatic rings. The summed E-state index contributed by atoms with van der Waals surface area (Å²) in [5.74, 6) is 0.280. The zero-order valence-electron chi connectivity index (χ0n) is 15.1. The number of rotatable bonds is 2. The van der Waals surface area contributed by atoms with Crippen LogP contribution in [-0.2, 0) is 13.5 Å². The number of nitrogens with one attached hydrogen (secondary N) is 1. The average Bonchev–Trinajstić information content (AvgIpc) is 2.84. The summed E-state index contributed by atoms with van der Waals surface area (Å²) in [6.45, 7) is 2.79. The second kappa shape index (κ2) is 6.74. The van der Waals surface area contributed by atoms with Gasteiger partial charge < -0.3 is 14.6 Å². The maximum absolute atomic E-state index is 12.3. The van der Waals surface area contributed by atoms with Crippen LogP contribution in [0.15, 0.2) is 41.3 Å². The molecule has 0 atom stereocenters. The van der Waals surface area contributed by atoms with Gasteiger partial charge in [-0.05, 0) is 53.6 Å². The number of carbonyl (C=O) groups excluding carboxylic acids is 1. The Morgan fingerprint density at radius 2 is 2.04 bits per heavy atom. The molecule has 0 saturated carbocycles. The molecule has 0 aliphatic carbocycles. The third-order valence-corrected chi connectivity index (χ3v) is 5.45. The molecule has 27 heavy (non-hydrogen) atoms. The molecule has 0 saturated heterocycles. The third kappa shape index (κ3) is 3.08. The summed E-state index contributed by atoms with van der Waals surface area (Å²) in [4.78, 5) is 24.5. The van der Waals surface area contributed by atoms with E-state index in [1.165, 1.54) is 0 Å². The van der Waals surface area contributed by atoms with Crippen LogP contribution < -0.4 is 15.6 Å².